The van der Waals surface area contributed by atoms with Crippen molar-refractivity contribution in [2.24, 2.45) is 0 Å². The molecule has 0 aromatic heterocycles. The number of rotatable bonds is 3. The smallest absolute Gasteiger partial charge is 0.0814 e. The maximum absolute atomic E-state index is 5.30. The Hall–Kier alpha value is -0.820. The molecule has 1 rings (SSSR count). The minimum Gasteiger partial charge on any atom is -0.368 e. The van der Waals surface area contributed by atoms with Gasteiger partial charge in [-0.15, -0.1) is 0 Å². The van der Waals surface area contributed by atoms with Crippen LogP contribution in [0.3, 0.4) is 0 Å². The third-order valence-corrected chi connectivity index (χ3v) is 1.61. The van der Waals surface area contributed by atoms with Crippen LogP contribution < -0.4 is 0 Å². The van der Waals surface area contributed by atoms with Crippen LogP contribution in [0.5, 0.6) is 0 Å². The lowest BCUT2D eigenvalue weighted by Crippen LogP contribution is -1.95. The molecule has 1 radical (unpaired) electrons. The number of hydrogen-bond acceptors (Lipinski definition) is 1. The van der Waals surface area contributed by atoms with Crippen LogP contribution in [-0.2, 0) is 4.74 Å². The Morgan fingerprint density at radius 3 is 2.45 bits per heavy atom. The molecule has 0 spiro atoms. The second-order valence-corrected chi connectivity index (χ2v) is 2.42. The highest BCUT2D eigenvalue weighted by Gasteiger charge is 2.01. The molecule has 0 fully saturated rings. The molecule has 0 aliphatic heterocycles. The fourth-order valence-corrected chi connectivity index (χ4v) is 1.01. The van der Waals surface area contributed by atoms with Gasteiger partial charge in [0.2, 0.25) is 0 Å². The summed E-state index contributed by atoms with van der Waals surface area (Å²) in [6, 6.07) is 10.2. The first kappa shape index (κ1) is 8.28. The fourth-order valence-electron chi connectivity index (χ4n) is 1.01. The van der Waals surface area contributed by atoms with Crippen molar-refractivity contribution in [2.75, 3.05) is 0 Å². The van der Waals surface area contributed by atoms with Gasteiger partial charge >= 0.3 is 0 Å². The summed E-state index contributed by atoms with van der Waals surface area (Å²) in [4.78, 5) is 0. The summed E-state index contributed by atoms with van der Waals surface area (Å²) in [6.07, 6.45) is 0.168. The van der Waals surface area contributed by atoms with Crippen molar-refractivity contribution < 1.29 is 4.74 Å². The second-order valence-electron chi connectivity index (χ2n) is 2.42. The van der Waals surface area contributed by atoms with Crippen molar-refractivity contribution >= 4 is 0 Å². The summed E-state index contributed by atoms with van der Waals surface area (Å²) in [5.41, 5.74) is 1.21. The molecule has 0 N–H and O–H groups in total. The van der Waals surface area contributed by atoms with Crippen LogP contribution in [-0.4, -0.2) is 0 Å². The average molecular weight is 149 g/mol. The lowest BCUT2D eigenvalue weighted by molar-refractivity contribution is 0.126. The van der Waals surface area contributed by atoms with Crippen molar-refractivity contribution in [1.29, 1.82) is 0 Å². The lowest BCUT2D eigenvalue weighted by atomic mass is 10.1. The molecular formula is C10H13O. The highest BCUT2D eigenvalue weighted by molar-refractivity contribution is 5.16. The number of ether oxygens (including phenoxy) is 1. The first-order chi connectivity index (χ1) is 5.34. The van der Waals surface area contributed by atoms with E-state index in [2.05, 4.69) is 12.1 Å². The average Bonchev–Trinajstić information content (AvgIpc) is 2.07. The molecule has 0 aliphatic carbocycles. The SMILES string of the molecule is C[CH]OC(C)c1ccccc1. The molecule has 0 saturated carbocycles. The van der Waals surface area contributed by atoms with Gasteiger partial charge < -0.3 is 4.74 Å². The van der Waals surface area contributed by atoms with Gasteiger partial charge in [0.05, 0.1) is 12.7 Å². The van der Waals surface area contributed by atoms with Gasteiger partial charge in [-0.25, -0.2) is 0 Å². The summed E-state index contributed by atoms with van der Waals surface area (Å²) in [5.74, 6) is 0. The van der Waals surface area contributed by atoms with E-state index in [-0.39, 0.29) is 6.10 Å². The van der Waals surface area contributed by atoms with E-state index in [0.29, 0.717) is 0 Å². The highest BCUT2D eigenvalue weighted by Crippen LogP contribution is 2.15. The van der Waals surface area contributed by atoms with Gasteiger partial charge in [-0.3, -0.25) is 0 Å². The Kier molecular flexibility index (Phi) is 3.12. The quantitative estimate of drug-likeness (QED) is 0.642. The fraction of sp³-hybridized carbons (Fsp3) is 0.300. The van der Waals surface area contributed by atoms with Crippen LogP contribution >= 0.6 is 0 Å². The van der Waals surface area contributed by atoms with Crippen LogP contribution in [0.4, 0.5) is 0 Å². The molecule has 0 bridgehead atoms. The zero-order chi connectivity index (χ0) is 8.10. The molecular weight excluding hydrogens is 136 g/mol. The first-order valence-electron chi connectivity index (χ1n) is 3.83. The third-order valence-electron chi connectivity index (χ3n) is 1.61. The van der Waals surface area contributed by atoms with Gasteiger partial charge in [0.1, 0.15) is 0 Å². The van der Waals surface area contributed by atoms with Crippen LogP contribution in [0.25, 0.3) is 0 Å². The van der Waals surface area contributed by atoms with Gasteiger partial charge in [-0.05, 0) is 19.4 Å². The summed E-state index contributed by atoms with van der Waals surface area (Å²) >= 11 is 0. The summed E-state index contributed by atoms with van der Waals surface area (Å²) < 4.78 is 5.30. The maximum atomic E-state index is 5.30. The minimum atomic E-state index is 0.168. The predicted molar refractivity (Wildman–Crippen MR) is 45.9 cm³/mol. The molecule has 0 saturated heterocycles. The Morgan fingerprint density at radius 1 is 1.27 bits per heavy atom. The molecule has 11 heavy (non-hydrogen) atoms. The highest BCUT2D eigenvalue weighted by atomic mass is 16.5. The Balaban J connectivity index is 2.61. The molecule has 1 unspecified atom stereocenters. The van der Waals surface area contributed by atoms with Gasteiger partial charge in [0, 0.05) is 0 Å². The van der Waals surface area contributed by atoms with E-state index in [9.17, 15) is 0 Å². The second kappa shape index (κ2) is 4.14. The Bertz CT molecular complexity index is 193. The van der Waals surface area contributed by atoms with E-state index in [1.165, 1.54) is 5.56 Å². The van der Waals surface area contributed by atoms with Gasteiger partial charge in [-0.1, -0.05) is 30.3 Å². The van der Waals surface area contributed by atoms with Crippen molar-refractivity contribution in [1.82, 2.24) is 0 Å². The maximum Gasteiger partial charge on any atom is 0.0814 e. The van der Waals surface area contributed by atoms with Gasteiger partial charge in [-0.2, -0.15) is 0 Å². The predicted octanol–water partition coefficient (Wildman–Crippen LogP) is 2.95. The topological polar surface area (TPSA) is 9.23 Å². The van der Waals surface area contributed by atoms with Crippen molar-refractivity contribution in [3.63, 3.8) is 0 Å². The zero-order valence-electron chi connectivity index (χ0n) is 6.95. The van der Waals surface area contributed by atoms with Crippen molar-refractivity contribution in [3.8, 4) is 0 Å². The molecule has 1 aromatic rings. The Morgan fingerprint density at radius 2 is 1.91 bits per heavy atom. The normalized spacial score (nSPS) is 12.9. The van der Waals surface area contributed by atoms with Crippen molar-refractivity contribution in [2.45, 2.75) is 20.0 Å². The van der Waals surface area contributed by atoms with E-state index in [0.717, 1.165) is 0 Å². The van der Waals surface area contributed by atoms with Crippen LogP contribution in [0.15, 0.2) is 30.3 Å². The van der Waals surface area contributed by atoms with Gasteiger partial charge in [0.15, 0.2) is 0 Å². The van der Waals surface area contributed by atoms with Crippen LogP contribution in [0.1, 0.15) is 25.5 Å². The molecule has 59 valence electrons. The van der Waals surface area contributed by atoms with Crippen molar-refractivity contribution in [3.05, 3.63) is 42.5 Å². The molecule has 1 nitrogen and oxygen atoms in total. The monoisotopic (exact) mass is 149 g/mol. The number of hydrogen-bond donors (Lipinski definition) is 0. The summed E-state index contributed by atoms with van der Waals surface area (Å²) in [6.45, 7) is 5.65. The standard InChI is InChI=1S/C10H13O/c1-3-11-9(2)10-7-5-4-6-8-10/h3-9H,1-2H3. The molecule has 0 heterocycles. The Labute approximate surface area is 68.0 Å². The molecule has 1 heteroatoms. The first-order valence-corrected chi connectivity index (χ1v) is 3.83. The largest absolute Gasteiger partial charge is 0.368 e. The molecule has 0 amide bonds. The third kappa shape index (κ3) is 2.35. The molecule has 1 aromatic carbocycles. The van der Waals surface area contributed by atoms with Crippen LogP contribution in [0.2, 0.25) is 0 Å². The summed E-state index contributed by atoms with van der Waals surface area (Å²) in [7, 11) is 0. The van der Waals surface area contributed by atoms with E-state index in [1.807, 2.05) is 32.0 Å². The number of benzene rings is 1. The van der Waals surface area contributed by atoms with E-state index >= 15 is 0 Å². The summed E-state index contributed by atoms with van der Waals surface area (Å²) in [5, 5.41) is 0. The van der Waals surface area contributed by atoms with E-state index in [1.54, 1.807) is 6.61 Å². The zero-order valence-corrected chi connectivity index (χ0v) is 6.95. The van der Waals surface area contributed by atoms with Crippen LogP contribution in [0, 0.1) is 6.61 Å². The molecule has 1 atom stereocenters. The lowest BCUT2D eigenvalue weighted by Gasteiger charge is -2.10. The van der Waals surface area contributed by atoms with E-state index < -0.39 is 0 Å². The molecule has 0 aliphatic rings. The minimum absolute atomic E-state index is 0.168. The van der Waals surface area contributed by atoms with E-state index in [4.69, 9.17) is 4.74 Å². The van der Waals surface area contributed by atoms with Gasteiger partial charge in [0.25, 0.3) is 0 Å².